The van der Waals surface area contributed by atoms with Crippen molar-refractivity contribution >= 4 is 17.8 Å². The van der Waals surface area contributed by atoms with Crippen molar-refractivity contribution in [2.75, 3.05) is 13.7 Å². The summed E-state index contributed by atoms with van der Waals surface area (Å²) >= 11 is 0. The van der Waals surface area contributed by atoms with Crippen LogP contribution in [0, 0.1) is 23.7 Å². The molecule has 5 heteroatoms. The van der Waals surface area contributed by atoms with E-state index in [0.717, 1.165) is 18.4 Å². The summed E-state index contributed by atoms with van der Waals surface area (Å²) < 4.78 is 5.44. The van der Waals surface area contributed by atoms with Crippen molar-refractivity contribution in [3.63, 3.8) is 0 Å². The maximum Gasteiger partial charge on any atom is 0.338 e. The van der Waals surface area contributed by atoms with E-state index in [1.54, 1.807) is 31.3 Å². The van der Waals surface area contributed by atoms with E-state index in [0.29, 0.717) is 5.56 Å². The highest BCUT2D eigenvalue weighted by atomic mass is 16.5. The minimum absolute atomic E-state index is 0.0185. The average Bonchev–Trinajstić information content (AvgIpc) is 2.87. The van der Waals surface area contributed by atoms with Gasteiger partial charge < -0.3 is 4.74 Å². The Bertz CT molecular complexity index is 739. The SMILES string of the molecule is CN1C(=O)[C@@H]2[C@H](C1=O)[C@H]1CC[C@@H]2C=C1COC(=O)c1ccccc1. The van der Waals surface area contributed by atoms with E-state index in [1.165, 1.54) is 4.90 Å². The molecule has 5 rings (SSSR count). The first kappa shape index (κ1) is 15.1. The molecule has 4 aliphatic rings. The number of benzene rings is 1. The fourth-order valence-corrected chi connectivity index (χ4v) is 4.43. The molecule has 124 valence electrons. The highest BCUT2D eigenvalue weighted by molar-refractivity contribution is 6.05. The van der Waals surface area contributed by atoms with Gasteiger partial charge in [-0.05, 0) is 42.4 Å². The van der Waals surface area contributed by atoms with Crippen molar-refractivity contribution in [1.29, 1.82) is 0 Å². The van der Waals surface area contributed by atoms with Crippen LogP contribution in [0.15, 0.2) is 42.0 Å². The van der Waals surface area contributed by atoms with Gasteiger partial charge in [0.15, 0.2) is 0 Å². The summed E-state index contributed by atoms with van der Waals surface area (Å²) in [5.74, 6) is -0.875. The maximum absolute atomic E-state index is 12.4. The van der Waals surface area contributed by atoms with Crippen molar-refractivity contribution in [3.05, 3.63) is 47.5 Å². The van der Waals surface area contributed by atoms with Crippen LogP contribution in [0.3, 0.4) is 0 Å². The van der Waals surface area contributed by atoms with Crippen LogP contribution < -0.4 is 0 Å². The molecular formula is C19H19NO4. The summed E-state index contributed by atoms with van der Waals surface area (Å²) in [6.07, 6.45) is 3.88. The molecule has 0 spiro atoms. The number of carbonyl (C=O) groups excluding carboxylic acids is 3. The molecule has 2 fully saturated rings. The first-order valence-corrected chi connectivity index (χ1v) is 8.32. The molecule has 5 nitrogen and oxygen atoms in total. The first-order valence-electron chi connectivity index (χ1n) is 8.32. The lowest BCUT2D eigenvalue weighted by Gasteiger charge is -2.42. The Kier molecular flexibility index (Phi) is 3.52. The molecule has 3 aliphatic carbocycles. The molecule has 24 heavy (non-hydrogen) atoms. The number of esters is 1. The topological polar surface area (TPSA) is 63.7 Å². The van der Waals surface area contributed by atoms with Crippen LogP contribution in [-0.4, -0.2) is 36.3 Å². The van der Waals surface area contributed by atoms with Crippen molar-refractivity contribution < 1.29 is 19.1 Å². The lowest BCUT2D eigenvalue weighted by Crippen LogP contribution is -2.42. The molecule has 1 aromatic rings. The van der Waals surface area contributed by atoms with E-state index in [-0.39, 0.29) is 48.1 Å². The number of nitrogens with zero attached hydrogens (tertiary/aromatic N) is 1. The zero-order valence-corrected chi connectivity index (χ0v) is 13.5. The van der Waals surface area contributed by atoms with Gasteiger partial charge in [0.05, 0.1) is 17.4 Å². The Morgan fingerprint density at radius 2 is 1.83 bits per heavy atom. The molecule has 1 aliphatic heterocycles. The smallest absolute Gasteiger partial charge is 0.338 e. The van der Waals surface area contributed by atoms with Gasteiger partial charge in [-0.3, -0.25) is 14.5 Å². The predicted octanol–water partition coefficient (Wildman–Crippen LogP) is 2.04. The Morgan fingerprint density at radius 3 is 2.58 bits per heavy atom. The molecule has 0 radical (unpaired) electrons. The highest BCUT2D eigenvalue weighted by Gasteiger charge is 2.57. The number of rotatable bonds is 3. The molecule has 1 aromatic carbocycles. The minimum Gasteiger partial charge on any atom is -0.458 e. The van der Waals surface area contributed by atoms with Crippen LogP contribution in [0.5, 0.6) is 0 Å². The number of hydrogen-bond donors (Lipinski definition) is 0. The molecule has 2 amide bonds. The second-order valence-electron chi connectivity index (χ2n) is 6.82. The highest BCUT2D eigenvalue weighted by Crippen LogP contribution is 2.52. The zero-order valence-electron chi connectivity index (χ0n) is 13.5. The molecular weight excluding hydrogens is 306 g/mol. The van der Waals surface area contributed by atoms with Gasteiger partial charge in [-0.2, -0.15) is 0 Å². The zero-order chi connectivity index (χ0) is 16.8. The summed E-state index contributed by atoms with van der Waals surface area (Å²) in [6, 6.07) is 8.86. The van der Waals surface area contributed by atoms with Gasteiger partial charge in [0, 0.05) is 7.05 Å². The fraction of sp³-hybridized carbons (Fsp3) is 0.421. The van der Waals surface area contributed by atoms with Crippen molar-refractivity contribution in [2.45, 2.75) is 12.8 Å². The standard InChI is InChI=1S/C19H19NO4/c1-20-17(21)15-12-7-8-14(16(15)18(20)22)13(9-12)10-24-19(23)11-5-3-2-4-6-11/h2-6,9,12,14-16H,7-8,10H2,1H3/t12-,14+,15+,16-/m1/s1. The van der Waals surface area contributed by atoms with Crippen LogP contribution in [0.4, 0.5) is 0 Å². The maximum atomic E-state index is 12.4. The summed E-state index contributed by atoms with van der Waals surface area (Å²) in [4.78, 5) is 38.1. The van der Waals surface area contributed by atoms with Crippen LogP contribution in [-0.2, 0) is 14.3 Å². The number of hydrogen-bond acceptors (Lipinski definition) is 4. The third-order valence-corrected chi connectivity index (χ3v) is 5.61. The van der Waals surface area contributed by atoms with E-state index in [4.69, 9.17) is 4.74 Å². The second kappa shape index (κ2) is 5.58. The predicted molar refractivity (Wildman–Crippen MR) is 85.8 cm³/mol. The molecule has 0 N–H and O–H groups in total. The fourth-order valence-electron chi connectivity index (χ4n) is 4.43. The first-order chi connectivity index (χ1) is 11.6. The quantitative estimate of drug-likeness (QED) is 0.485. The summed E-state index contributed by atoms with van der Waals surface area (Å²) in [7, 11) is 1.57. The van der Waals surface area contributed by atoms with Gasteiger partial charge in [0.25, 0.3) is 0 Å². The molecule has 1 saturated carbocycles. The van der Waals surface area contributed by atoms with Crippen LogP contribution >= 0.6 is 0 Å². The van der Waals surface area contributed by atoms with Gasteiger partial charge in [-0.1, -0.05) is 24.3 Å². The van der Waals surface area contributed by atoms with E-state index in [2.05, 4.69) is 6.08 Å². The van der Waals surface area contributed by atoms with Crippen LogP contribution in [0.1, 0.15) is 23.2 Å². The van der Waals surface area contributed by atoms with Gasteiger partial charge in [-0.15, -0.1) is 0 Å². The summed E-state index contributed by atoms with van der Waals surface area (Å²) in [5, 5.41) is 0. The van der Waals surface area contributed by atoms with Crippen LogP contribution in [0.25, 0.3) is 0 Å². The molecule has 0 unspecified atom stereocenters. The van der Waals surface area contributed by atoms with Crippen LogP contribution in [0.2, 0.25) is 0 Å². The van der Waals surface area contributed by atoms with Gasteiger partial charge in [0.2, 0.25) is 11.8 Å². The second-order valence-corrected chi connectivity index (χ2v) is 6.82. The molecule has 0 aromatic heterocycles. The number of allylic oxidation sites excluding steroid dienone is 1. The number of imide groups is 1. The summed E-state index contributed by atoms with van der Waals surface area (Å²) in [5.41, 5.74) is 1.51. The normalized spacial score (nSPS) is 31.0. The Balaban J connectivity index is 1.51. The lowest BCUT2D eigenvalue weighted by atomic mass is 9.60. The Morgan fingerprint density at radius 1 is 1.12 bits per heavy atom. The van der Waals surface area contributed by atoms with Crippen molar-refractivity contribution in [1.82, 2.24) is 4.90 Å². The van der Waals surface area contributed by atoms with E-state index in [1.807, 2.05) is 6.07 Å². The molecule has 1 saturated heterocycles. The van der Waals surface area contributed by atoms with Gasteiger partial charge >= 0.3 is 5.97 Å². The number of amides is 2. The molecule has 2 bridgehead atoms. The lowest BCUT2D eigenvalue weighted by molar-refractivity contribution is -0.138. The number of ether oxygens (including phenoxy) is 1. The third-order valence-electron chi connectivity index (χ3n) is 5.61. The third kappa shape index (κ3) is 2.19. The largest absolute Gasteiger partial charge is 0.458 e. The van der Waals surface area contributed by atoms with E-state index in [9.17, 15) is 14.4 Å². The van der Waals surface area contributed by atoms with E-state index >= 15 is 0 Å². The Labute approximate surface area is 140 Å². The van der Waals surface area contributed by atoms with Crippen molar-refractivity contribution in [3.8, 4) is 0 Å². The van der Waals surface area contributed by atoms with Gasteiger partial charge in [-0.25, -0.2) is 4.79 Å². The van der Waals surface area contributed by atoms with Gasteiger partial charge in [0.1, 0.15) is 6.61 Å². The molecule has 1 heterocycles. The number of likely N-dealkylation sites (tertiary alicyclic amines) is 1. The van der Waals surface area contributed by atoms with E-state index < -0.39 is 0 Å². The minimum atomic E-state index is -0.361. The average molecular weight is 325 g/mol. The molecule has 4 atom stereocenters. The number of fused-ring (bicyclic) bond motifs is 1. The number of carbonyl (C=O) groups is 3. The monoisotopic (exact) mass is 325 g/mol. The summed E-state index contributed by atoms with van der Waals surface area (Å²) in [6.45, 7) is 0.198. The van der Waals surface area contributed by atoms with Crippen molar-refractivity contribution in [2.24, 2.45) is 23.7 Å². The Hall–Kier alpha value is -2.43.